The van der Waals surface area contributed by atoms with Crippen LogP contribution in [0.3, 0.4) is 0 Å². The van der Waals surface area contributed by atoms with E-state index >= 15 is 0 Å². The molecule has 0 radical (unpaired) electrons. The summed E-state index contributed by atoms with van der Waals surface area (Å²) in [5, 5.41) is 2.05. The standard InChI is InChI=1S/C29H25N2O/c1-18(2)21-12-13-25(31(5)17-21)27-19(3)11-14-26-28(27)24-16-22(30-4)15-23(29(24)32-26)20-9-7-6-8-10-20/h6-18H,1-3,5H3/q+1. The van der Waals surface area contributed by atoms with Crippen molar-refractivity contribution in [2.45, 2.75) is 26.7 Å². The van der Waals surface area contributed by atoms with Crippen LogP contribution in [0.15, 0.2) is 77.3 Å². The van der Waals surface area contributed by atoms with Gasteiger partial charge in [-0.3, -0.25) is 0 Å². The van der Waals surface area contributed by atoms with Crippen molar-refractivity contribution in [3.8, 4) is 22.4 Å². The molecule has 0 amide bonds. The van der Waals surface area contributed by atoms with E-state index < -0.39 is 0 Å². The third-order valence-corrected chi connectivity index (χ3v) is 6.22. The highest BCUT2D eigenvalue weighted by molar-refractivity contribution is 6.16. The minimum atomic E-state index is 0.469. The molecule has 0 saturated carbocycles. The number of aromatic nitrogens is 1. The maximum absolute atomic E-state index is 7.69. The zero-order valence-electron chi connectivity index (χ0n) is 18.8. The molecule has 3 nitrogen and oxygen atoms in total. The number of hydrogen-bond acceptors (Lipinski definition) is 1. The molecular formula is C29H25N2O+. The highest BCUT2D eigenvalue weighted by Gasteiger charge is 2.23. The van der Waals surface area contributed by atoms with Gasteiger partial charge in [-0.1, -0.05) is 50.2 Å². The van der Waals surface area contributed by atoms with Crippen LogP contribution in [-0.4, -0.2) is 0 Å². The second-order valence-corrected chi connectivity index (χ2v) is 8.69. The van der Waals surface area contributed by atoms with Gasteiger partial charge in [0.15, 0.2) is 11.9 Å². The Balaban J connectivity index is 1.89. The van der Waals surface area contributed by atoms with Crippen molar-refractivity contribution >= 4 is 27.6 Å². The summed E-state index contributed by atoms with van der Waals surface area (Å²) in [6.07, 6.45) is 2.21. The van der Waals surface area contributed by atoms with Gasteiger partial charge in [0.1, 0.15) is 18.2 Å². The number of nitrogens with zero attached hydrogens (tertiary/aromatic N) is 2. The van der Waals surface area contributed by atoms with Crippen molar-refractivity contribution in [3.05, 3.63) is 95.5 Å². The van der Waals surface area contributed by atoms with Crippen molar-refractivity contribution in [1.82, 2.24) is 0 Å². The van der Waals surface area contributed by atoms with Gasteiger partial charge in [0.05, 0.1) is 12.1 Å². The predicted octanol–water partition coefficient (Wildman–Crippen LogP) is 7.73. The van der Waals surface area contributed by atoms with Gasteiger partial charge in [0.25, 0.3) is 0 Å². The van der Waals surface area contributed by atoms with Crippen molar-refractivity contribution in [2.75, 3.05) is 0 Å². The number of benzene rings is 3. The fourth-order valence-electron chi connectivity index (χ4n) is 4.52. The highest BCUT2D eigenvalue weighted by atomic mass is 16.3. The van der Waals surface area contributed by atoms with Crippen LogP contribution < -0.4 is 4.57 Å². The molecule has 2 heterocycles. The summed E-state index contributed by atoms with van der Waals surface area (Å²) in [6, 6.07) is 22.6. The van der Waals surface area contributed by atoms with Gasteiger partial charge in [0.2, 0.25) is 5.69 Å². The smallest absolute Gasteiger partial charge is 0.213 e. The Hall–Kier alpha value is -3.90. The van der Waals surface area contributed by atoms with E-state index in [4.69, 9.17) is 11.0 Å². The molecule has 2 aromatic heterocycles. The molecule has 5 aromatic rings. The van der Waals surface area contributed by atoms with Crippen LogP contribution in [0, 0.1) is 13.5 Å². The van der Waals surface area contributed by atoms with E-state index in [1.54, 1.807) is 0 Å². The second kappa shape index (κ2) is 7.66. The maximum atomic E-state index is 7.69. The van der Waals surface area contributed by atoms with Crippen LogP contribution in [0.4, 0.5) is 5.69 Å². The largest absolute Gasteiger partial charge is 0.455 e. The molecule has 0 spiro atoms. The highest BCUT2D eigenvalue weighted by Crippen LogP contribution is 2.43. The zero-order valence-corrected chi connectivity index (χ0v) is 18.8. The van der Waals surface area contributed by atoms with Crippen LogP contribution in [0.5, 0.6) is 0 Å². The normalized spacial score (nSPS) is 11.4. The second-order valence-electron chi connectivity index (χ2n) is 8.69. The topological polar surface area (TPSA) is 21.4 Å². The third kappa shape index (κ3) is 3.16. The molecule has 0 atom stereocenters. The Labute approximate surface area is 188 Å². The minimum Gasteiger partial charge on any atom is -0.455 e. The quantitative estimate of drug-likeness (QED) is 0.217. The SMILES string of the molecule is [C-]#[N+]c1cc(-c2ccccc2)c2oc3ccc(C)c(-c4ccc(C(C)C)c[n+]4C)c3c2c1. The summed E-state index contributed by atoms with van der Waals surface area (Å²) in [5.74, 6) is 0.469. The molecule has 156 valence electrons. The molecule has 0 N–H and O–H groups in total. The van der Waals surface area contributed by atoms with Gasteiger partial charge < -0.3 is 4.42 Å². The third-order valence-electron chi connectivity index (χ3n) is 6.22. The molecule has 0 fully saturated rings. The lowest BCUT2D eigenvalue weighted by atomic mass is 9.95. The summed E-state index contributed by atoms with van der Waals surface area (Å²) < 4.78 is 8.65. The van der Waals surface area contributed by atoms with Gasteiger partial charge in [-0.05, 0) is 48.2 Å². The van der Waals surface area contributed by atoms with Crippen molar-refractivity contribution in [3.63, 3.8) is 0 Å². The Morgan fingerprint density at radius 3 is 2.44 bits per heavy atom. The first kappa shape index (κ1) is 20.0. The van der Waals surface area contributed by atoms with Gasteiger partial charge in [-0.2, -0.15) is 0 Å². The van der Waals surface area contributed by atoms with Crippen LogP contribution in [0.25, 0.3) is 49.2 Å². The molecule has 0 saturated heterocycles. The molecule has 3 aromatic carbocycles. The first-order valence-electron chi connectivity index (χ1n) is 10.9. The van der Waals surface area contributed by atoms with E-state index in [0.29, 0.717) is 11.6 Å². The number of furan rings is 1. The van der Waals surface area contributed by atoms with E-state index in [2.05, 4.69) is 73.8 Å². The lowest BCUT2D eigenvalue weighted by Gasteiger charge is -2.09. The molecule has 0 aliphatic rings. The monoisotopic (exact) mass is 417 g/mol. The molecule has 5 rings (SSSR count). The van der Waals surface area contributed by atoms with Gasteiger partial charge >= 0.3 is 0 Å². The fraction of sp³-hybridized carbons (Fsp3) is 0.172. The average molecular weight is 418 g/mol. The molecule has 0 bridgehead atoms. The Morgan fingerprint density at radius 1 is 0.969 bits per heavy atom. The van der Waals surface area contributed by atoms with Crippen molar-refractivity contribution in [2.24, 2.45) is 7.05 Å². The van der Waals surface area contributed by atoms with E-state index in [0.717, 1.165) is 44.3 Å². The molecule has 0 aliphatic heterocycles. The van der Waals surface area contributed by atoms with Gasteiger partial charge in [0, 0.05) is 28.0 Å². The van der Waals surface area contributed by atoms with Gasteiger partial charge in [-0.15, -0.1) is 0 Å². The first-order valence-corrected chi connectivity index (χ1v) is 10.9. The van der Waals surface area contributed by atoms with E-state index in [1.165, 1.54) is 11.1 Å². The number of fused-ring (bicyclic) bond motifs is 3. The number of rotatable bonds is 3. The summed E-state index contributed by atoms with van der Waals surface area (Å²) in [4.78, 5) is 3.77. The number of hydrogen-bond donors (Lipinski definition) is 0. The zero-order chi connectivity index (χ0) is 22.4. The van der Waals surface area contributed by atoms with Crippen LogP contribution in [0.2, 0.25) is 0 Å². The first-order chi connectivity index (χ1) is 15.5. The lowest BCUT2D eigenvalue weighted by Crippen LogP contribution is -2.31. The fourth-order valence-corrected chi connectivity index (χ4v) is 4.52. The lowest BCUT2D eigenvalue weighted by molar-refractivity contribution is -0.660. The van der Waals surface area contributed by atoms with Gasteiger partial charge in [-0.25, -0.2) is 9.41 Å². The van der Waals surface area contributed by atoms with E-state index in [9.17, 15) is 0 Å². The summed E-state index contributed by atoms with van der Waals surface area (Å²) in [7, 11) is 2.10. The van der Waals surface area contributed by atoms with E-state index in [-0.39, 0.29) is 0 Å². The molecule has 0 unspecified atom stereocenters. The molecule has 32 heavy (non-hydrogen) atoms. The summed E-state index contributed by atoms with van der Waals surface area (Å²) in [5.41, 5.74) is 9.06. The average Bonchev–Trinajstić information content (AvgIpc) is 3.18. The van der Waals surface area contributed by atoms with Crippen LogP contribution in [0.1, 0.15) is 30.9 Å². The van der Waals surface area contributed by atoms with Crippen LogP contribution in [-0.2, 0) is 7.05 Å². The Morgan fingerprint density at radius 2 is 1.75 bits per heavy atom. The van der Waals surface area contributed by atoms with E-state index in [1.807, 2.05) is 36.4 Å². The number of aryl methyl sites for hydroxylation is 2. The van der Waals surface area contributed by atoms with Crippen LogP contribution >= 0.6 is 0 Å². The Kier molecular flexibility index (Phi) is 4.79. The van der Waals surface area contributed by atoms with Crippen molar-refractivity contribution < 1.29 is 8.98 Å². The predicted molar refractivity (Wildman–Crippen MR) is 131 cm³/mol. The molecule has 0 aliphatic carbocycles. The minimum absolute atomic E-state index is 0.469. The summed E-state index contributed by atoms with van der Waals surface area (Å²) >= 11 is 0. The maximum Gasteiger partial charge on any atom is 0.213 e. The molecular weight excluding hydrogens is 392 g/mol. The Bertz CT molecular complexity index is 1520. The van der Waals surface area contributed by atoms with Crippen molar-refractivity contribution in [1.29, 1.82) is 0 Å². The number of pyridine rings is 1. The summed E-state index contributed by atoms with van der Waals surface area (Å²) in [6.45, 7) is 14.2. The molecule has 3 heteroatoms.